The molecule has 142 valence electrons. The highest BCUT2D eigenvalue weighted by molar-refractivity contribution is 7.18. The normalized spacial score (nSPS) is 15.7. The van der Waals surface area contributed by atoms with Gasteiger partial charge in [-0.3, -0.25) is 9.69 Å². The first-order chi connectivity index (χ1) is 13.0. The fourth-order valence-corrected chi connectivity index (χ4v) is 4.82. The first-order valence-corrected chi connectivity index (χ1v) is 10.3. The molecule has 0 spiro atoms. The lowest BCUT2D eigenvalue weighted by molar-refractivity contribution is 0.185. The van der Waals surface area contributed by atoms with Crippen LogP contribution in [0.25, 0.3) is 10.2 Å². The Hall–Kier alpha value is -2.18. The number of nitrogens with one attached hydrogen (secondary N) is 1. The first-order valence-electron chi connectivity index (χ1n) is 9.46. The third-order valence-corrected chi connectivity index (χ3v) is 6.63. The average Bonchev–Trinajstić information content (AvgIpc) is 2.95. The predicted molar refractivity (Wildman–Crippen MR) is 110 cm³/mol. The van der Waals surface area contributed by atoms with E-state index in [1.165, 1.54) is 11.1 Å². The molecule has 5 nitrogen and oxygen atoms in total. The van der Waals surface area contributed by atoms with Crippen molar-refractivity contribution < 1.29 is 4.74 Å². The van der Waals surface area contributed by atoms with E-state index in [9.17, 15) is 4.79 Å². The number of ether oxygens (including phenoxy) is 1. The van der Waals surface area contributed by atoms with Crippen molar-refractivity contribution in [3.63, 3.8) is 0 Å². The van der Waals surface area contributed by atoms with Crippen molar-refractivity contribution in [1.82, 2.24) is 14.9 Å². The number of H-pyrrole nitrogens is 1. The summed E-state index contributed by atoms with van der Waals surface area (Å²) in [6, 6.07) is 6.42. The highest BCUT2D eigenvalue weighted by atomic mass is 32.1. The van der Waals surface area contributed by atoms with Gasteiger partial charge < -0.3 is 9.72 Å². The van der Waals surface area contributed by atoms with Gasteiger partial charge in [0.1, 0.15) is 16.4 Å². The van der Waals surface area contributed by atoms with Crippen molar-refractivity contribution in [2.45, 2.75) is 46.7 Å². The molecule has 3 heterocycles. The fourth-order valence-electron chi connectivity index (χ4n) is 3.78. The van der Waals surface area contributed by atoms with Gasteiger partial charge in [0.25, 0.3) is 5.56 Å². The van der Waals surface area contributed by atoms with Crippen LogP contribution in [0.2, 0.25) is 0 Å². The Bertz CT molecular complexity index is 1050. The lowest BCUT2D eigenvalue weighted by Gasteiger charge is -2.33. The molecular weight excluding hydrogens is 358 g/mol. The Balaban J connectivity index is 1.64. The van der Waals surface area contributed by atoms with E-state index in [4.69, 9.17) is 9.72 Å². The molecule has 4 rings (SSSR count). The maximum atomic E-state index is 12.6. The van der Waals surface area contributed by atoms with Crippen LogP contribution < -0.4 is 10.3 Å². The van der Waals surface area contributed by atoms with Gasteiger partial charge in [-0.15, -0.1) is 11.3 Å². The number of aromatic nitrogens is 2. The topological polar surface area (TPSA) is 58.2 Å². The molecule has 1 aliphatic heterocycles. The number of aromatic amines is 1. The number of nitrogens with zero attached hydrogens (tertiary/aromatic N) is 2. The largest absolute Gasteiger partial charge is 0.494 e. The minimum absolute atomic E-state index is 0.0280. The molecule has 1 aromatic carbocycles. The summed E-state index contributed by atoms with van der Waals surface area (Å²) in [7, 11) is 0. The van der Waals surface area contributed by atoms with Crippen LogP contribution in [-0.4, -0.2) is 28.0 Å². The Kier molecular flexibility index (Phi) is 4.78. The zero-order chi connectivity index (χ0) is 19.1. The lowest BCUT2D eigenvalue weighted by atomic mass is 9.98. The van der Waals surface area contributed by atoms with Crippen LogP contribution in [0.4, 0.5) is 0 Å². The van der Waals surface area contributed by atoms with Crippen LogP contribution in [0.5, 0.6) is 5.75 Å². The van der Waals surface area contributed by atoms with Crippen molar-refractivity contribution in [2.24, 2.45) is 0 Å². The van der Waals surface area contributed by atoms with Crippen molar-refractivity contribution in [2.75, 3.05) is 13.2 Å². The van der Waals surface area contributed by atoms with Gasteiger partial charge in [-0.1, -0.05) is 6.07 Å². The molecule has 1 unspecified atom stereocenters. The second-order valence-electron chi connectivity index (χ2n) is 7.17. The van der Waals surface area contributed by atoms with Crippen molar-refractivity contribution in [3.05, 3.63) is 55.9 Å². The van der Waals surface area contributed by atoms with E-state index in [1.807, 2.05) is 20.8 Å². The lowest BCUT2D eigenvalue weighted by Crippen LogP contribution is -2.34. The first kappa shape index (κ1) is 18.2. The van der Waals surface area contributed by atoms with Crippen LogP contribution in [0.3, 0.4) is 0 Å². The van der Waals surface area contributed by atoms with Gasteiger partial charge in [0, 0.05) is 18.0 Å². The molecule has 1 atom stereocenters. The van der Waals surface area contributed by atoms with E-state index in [1.54, 1.807) is 11.3 Å². The second kappa shape index (κ2) is 7.09. The minimum atomic E-state index is -0.0280. The molecule has 1 N–H and O–H groups in total. The van der Waals surface area contributed by atoms with E-state index < -0.39 is 0 Å². The minimum Gasteiger partial charge on any atom is -0.494 e. The summed E-state index contributed by atoms with van der Waals surface area (Å²) in [5, 5.41) is 0.735. The van der Waals surface area contributed by atoms with Crippen LogP contribution in [0.15, 0.2) is 23.0 Å². The molecule has 2 aromatic heterocycles. The number of hydrogen-bond acceptors (Lipinski definition) is 5. The molecule has 0 bridgehead atoms. The Morgan fingerprint density at radius 3 is 2.93 bits per heavy atom. The molecule has 0 amide bonds. The van der Waals surface area contributed by atoms with Crippen LogP contribution >= 0.6 is 11.3 Å². The third-order valence-electron chi connectivity index (χ3n) is 5.53. The zero-order valence-electron chi connectivity index (χ0n) is 16.3. The standard InChI is InChI=1S/C21H25N3O2S/c1-5-26-17-7-6-15-8-9-24(11-16(15)10-17)13(3)19-22-20(25)18-12(2)14(4)27-21(18)23-19/h6-7,10,13H,5,8-9,11H2,1-4H3,(H,22,23,25). The smallest absolute Gasteiger partial charge is 0.259 e. The summed E-state index contributed by atoms with van der Waals surface area (Å²) in [6.07, 6.45) is 0.996. The van der Waals surface area contributed by atoms with E-state index >= 15 is 0 Å². The van der Waals surface area contributed by atoms with Crippen LogP contribution in [0.1, 0.15) is 47.3 Å². The maximum absolute atomic E-state index is 12.6. The van der Waals surface area contributed by atoms with Gasteiger partial charge in [-0.2, -0.15) is 0 Å². The van der Waals surface area contributed by atoms with Crippen molar-refractivity contribution >= 4 is 21.6 Å². The van der Waals surface area contributed by atoms with Gasteiger partial charge in [-0.25, -0.2) is 4.98 Å². The quantitative estimate of drug-likeness (QED) is 0.736. The zero-order valence-corrected chi connectivity index (χ0v) is 17.1. The number of rotatable bonds is 4. The molecule has 0 aliphatic carbocycles. The number of thiophene rings is 1. The summed E-state index contributed by atoms with van der Waals surface area (Å²) in [5.74, 6) is 1.67. The van der Waals surface area contributed by atoms with Gasteiger partial charge in [0.2, 0.25) is 0 Å². The Labute approximate surface area is 163 Å². The molecule has 0 saturated carbocycles. The van der Waals surface area contributed by atoms with Gasteiger partial charge in [0.15, 0.2) is 0 Å². The van der Waals surface area contributed by atoms with E-state index in [2.05, 4.69) is 35.0 Å². The molecule has 0 radical (unpaired) electrons. The fraction of sp³-hybridized carbons (Fsp3) is 0.429. The molecular formula is C21H25N3O2S. The summed E-state index contributed by atoms with van der Waals surface area (Å²) < 4.78 is 5.65. The SMILES string of the molecule is CCOc1ccc2c(c1)CN(C(C)c1nc3sc(C)c(C)c3c(=O)[nH]1)CC2. The highest BCUT2D eigenvalue weighted by Crippen LogP contribution is 2.30. The third kappa shape index (κ3) is 3.28. The average molecular weight is 384 g/mol. The van der Waals surface area contributed by atoms with Crippen LogP contribution in [0, 0.1) is 13.8 Å². The molecule has 0 fully saturated rings. The predicted octanol–water partition coefficient (Wildman–Crippen LogP) is 4.12. The number of fused-ring (bicyclic) bond motifs is 2. The number of benzene rings is 1. The van der Waals surface area contributed by atoms with Gasteiger partial charge in [-0.05, 0) is 62.9 Å². The van der Waals surface area contributed by atoms with E-state index in [0.29, 0.717) is 6.61 Å². The molecule has 3 aromatic rings. The second-order valence-corrected chi connectivity index (χ2v) is 8.38. The van der Waals surface area contributed by atoms with Crippen LogP contribution in [-0.2, 0) is 13.0 Å². The highest BCUT2D eigenvalue weighted by Gasteiger charge is 2.24. The summed E-state index contributed by atoms with van der Waals surface area (Å²) in [4.78, 5) is 24.8. The Morgan fingerprint density at radius 1 is 1.33 bits per heavy atom. The van der Waals surface area contributed by atoms with Gasteiger partial charge in [0.05, 0.1) is 18.0 Å². The van der Waals surface area contributed by atoms with E-state index in [0.717, 1.165) is 51.7 Å². The number of hydrogen-bond donors (Lipinski definition) is 1. The maximum Gasteiger partial charge on any atom is 0.259 e. The number of aryl methyl sites for hydroxylation is 2. The summed E-state index contributed by atoms with van der Waals surface area (Å²) >= 11 is 1.60. The van der Waals surface area contributed by atoms with E-state index in [-0.39, 0.29) is 11.6 Å². The molecule has 27 heavy (non-hydrogen) atoms. The summed E-state index contributed by atoms with van der Waals surface area (Å²) in [6.45, 7) is 10.6. The molecule has 0 saturated heterocycles. The van der Waals surface area contributed by atoms with Gasteiger partial charge >= 0.3 is 0 Å². The molecule has 1 aliphatic rings. The Morgan fingerprint density at radius 2 is 2.15 bits per heavy atom. The van der Waals surface area contributed by atoms with Crippen molar-refractivity contribution in [3.8, 4) is 5.75 Å². The monoisotopic (exact) mass is 383 g/mol. The summed E-state index contributed by atoms with van der Waals surface area (Å²) in [5.41, 5.74) is 3.69. The molecule has 6 heteroatoms. The van der Waals surface area contributed by atoms with Crippen molar-refractivity contribution in [1.29, 1.82) is 0 Å².